The molecule has 0 radical (unpaired) electrons. The number of hydrogen-bond acceptors (Lipinski definition) is 4. The Balaban J connectivity index is 2.00. The largest absolute Gasteiger partial charge is 0.497 e. The fraction of sp³-hybridized carbons (Fsp3) is 0.571. The van der Waals surface area contributed by atoms with Crippen molar-refractivity contribution in [1.29, 1.82) is 0 Å². The van der Waals surface area contributed by atoms with Crippen LogP contribution in [0.5, 0.6) is 5.75 Å². The molecule has 0 amide bonds. The van der Waals surface area contributed by atoms with Crippen molar-refractivity contribution in [2.75, 3.05) is 46.1 Å². The van der Waals surface area contributed by atoms with Crippen molar-refractivity contribution in [2.24, 2.45) is 0 Å². The number of rotatable bonds is 3. The lowest BCUT2D eigenvalue weighted by molar-refractivity contribution is 0.269. The van der Waals surface area contributed by atoms with Gasteiger partial charge < -0.3 is 15.4 Å². The molecule has 0 bridgehead atoms. The molecule has 1 aromatic carbocycles. The van der Waals surface area contributed by atoms with E-state index < -0.39 is 0 Å². The normalized spacial score (nSPS) is 18.6. The number of nitrogens with two attached hydrogens (primary N) is 1. The molecule has 0 spiro atoms. The summed E-state index contributed by atoms with van der Waals surface area (Å²) in [6, 6.07) is 5.96. The molecule has 2 rings (SSSR count). The maximum atomic E-state index is 6.06. The summed E-state index contributed by atoms with van der Waals surface area (Å²) in [4.78, 5) is 4.86. The van der Waals surface area contributed by atoms with Gasteiger partial charge in [0.05, 0.1) is 7.11 Å². The third kappa shape index (κ3) is 3.37. The first kappa shape index (κ1) is 13.2. The fourth-order valence-electron chi connectivity index (χ4n) is 2.34. The Morgan fingerprint density at radius 2 is 2.06 bits per heavy atom. The van der Waals surface area contributed by atoms with E-state index in [9.17, 15) is 0 Å². The maximum absolute atomic E-state index is 6.06. The van der Waals surface area contributed by atoms with Crippen LogP contribution < -0.4 is 10.5 Å². The van der Waals surface area contributed by atoms with Gasteiger partial charge in [-0.25, -0.2) is 0 Å². The zero-order chi connectivity index (χ0) is 13.0. The Bertz CT molecular complexity index is 395. The molecule has 4 heteroatoms. The monoisotopic (exact) mass is 249 g/mol. The molecule has 1 heterocycles. The van der Waals surface area contributed by atoms with E-state index in [1.54, 1.807) is 7.11 Å². The molecular weight excluding hydrogens is 226 g/mol. The molecular formula is C14H23N3O. The van der Waals surface area contributed by atoms with Crippen LogP contribution >= 0.6 is 0 Å². The molecule has 1 aliphatic heterocycles. The van der Waals surface area contributed by atoms with E-state index in [1.165, 1.54) is 18.5 Å². The van der Waals surface area contributed by atoms with Crippen LogP contribution in [-0.4, -0.2) is 50.1 Å². The second kappa shape index (κ2) is 6.07. The van der Waals surface area contributed by atoms with Gasteiger partial charge in [-0.05, 0) is 38.2 Å². The number of nitrogens with zero attached hydrogens (tertiary/aromatic N) is 2. The zero-order valence-electron chi connectivity index (χ0n) is 11.4. The van der Waals surface area contributed by atoms with Crippen molar-refractivity contribution in [3.8, 4) is 5.75 Å². The van der Waals surface area contributed by atoms with Gasteiger partial charge in [0.2, 0.25) is 0 Å². The summed E-state index contributed by atoms with van der Waals surface area (Å²) < 4.78 is 5.17. The average Bonchev–Trinajstić information content (AvgIpc) is 2.57. The third-order valence-corrected chi connectivity index (χ3v) is 3.56. The minimum Gasteiger partial charge on any atom is -0.497 e. The summed E-state index contributed by atoms with van der Waals surface area (Å²) in [6.45, 7) is 5.52. The Morgan fingerprint density at radius 3 is 2.78 bits per heavy atom. The summed E-state index contributed by atoms with van der Waals surface area (Å²) in [5, 5.41) is 0. The Hall–Kier alpha value is -1.26. The summed E-state index contributed by atoms with van der Waals surface area (Å²) in [6.07, 6.45) is 1.23. The van der Waals surface area contributed by atoms with Gasteiger partial charge in [0.25, 0.3) is 0 Å². The molecule has 2 N–H and O–H groups in total. The quantitative estimate of drug-likeness (QED) is 0.823. The Morgan fingerprint density at radius 1 is 1.22 bits per heavy atom. The van der Waals surface area contributed by atoms with E-state index >= 15 is 0 Å². The Kier molecular flexibility index (Phi) is 4.44. The van der Waals surface area contributed by atoms with Crippen molar-refractivity contribution >= 4 is 5.69 Å². The molecule has 0 aromatic heterocycles. The highest BCUT2D eigenvalue weighted by Crippen LogP contribution is 2.21. The molecule has 0 atom stereocenters. The number of likely N-dealkylation sites (N-methyl/N-ethyl adjacent to an activating group) is 1. The van der Waals surface area contributed by atoms with Gasteiger partial charge >= 0.3 is 0 Å². The van der Waals surface area contributed by atoms with E-state index in [0.29, 0.717) is 0 Å². The minimum absolute atomic E-state index is 0.826. The molecule has 4 nitrogen and oxygen atoms in total. The van der Waals surface area contributed by atoms with E-state index in [0.717, 1.165) is 37.6 Å². The summed E-state index contributed by atoms with van der Waals surface area (Å²) in [7, 11) is 3.85. The SMILES string of the molecule is COc1ccc(CN2CCCN(C)CC2)c(N)c1. The van der Waals surface area contributed by atoms with Gasteiger partial charge in [-0.15, -0.1) is 0 Å². The van der Waals surface area contributed by atoms with Crippen molar-refractivity contribution in [1.82, 2.24) is 9.80 Å². The lowest BCUT2D eigenvalue weighted by Gasteiger charge is -2.21. The van der Waals surface area contributed by atoms with Gasteiger partial charge in [0, 0.05) is 31.4 Å². The minimum atomic E-state index is 0.826. The molecule has 18 heavy (non-hydrogen) atoms. The third-order valence-electron chi connectivity index (χ3n) is 3.56. The van der Waals surface area contributed by atoms with Crippen LogP contribution in [0.2, 0.25) is 0 Å². The highest BCUT2D eigenvalue weighted by molar-refractivity contribution is 5.51. The van der Waals surface area contributed by atoms with Crippen LogP contribution in [0.3, 0.4) is 0 Å². The van der Waals surface area contributed by atoms with Crippen molar-refractivity contribution in [3.63, 3.8) is 0 Å². The van der Waals surface area contributed by atoms with E-state index in [2.05, 4.69) is 22.9 Å². The lowest BCUT2D eigenvalue weighted by atomic mass is 10.1. The maximum Gasteiger partial charge on any atom is 0.120 e. The van der Waals surface area contributed by atoms with Gasteiger partial charge in [0.1, 0.15) is 5.75 Å². The second-order valence-corrected chi connectivity index (χ2v) is 5.00. The predicted octanol–water partition coefficient (Wildman–Crippen LogP) is 1.41. The van der Waals surface area contributed by atoms with Crippen LogP contribution in [0.15, 0.2) is 18.2 Å². The summed E-state index contributed by atoms with van der Waals surface area (Å²) in [5.41, 5.74) is 8.08. The fourth-order valence-corrected chi connectivity index (χ4v) is 2.34. The summed E-state index contributed by atoms with van der Waals surface area (Å²) in [5.74, 6) is 0.826. The predicted molar refractivity (Wildman–Crippen MR) is 74.8 cm³/mol. The topological polar surface area (TPSA) is 41.7 Å². The highest BCUT2D eigenvalue weighted by atomic mass is 16.5. The number of anilines is 1. The first-order chi connectivity index (χ1) is 8.69. The molecule has 0 unspecified atom stereocenters. The van der Waals surface area contributed by atoms with Gasteiger partial charge in [-0.3, -0.25) is 4.90 Å². The smallest absolute Gasteiger partial charge is 0.120 e. The van der Waals surface area contributed by atoms with Crippen LogP contribution in [-0.2, 0) is 6.54 Å². The molecule has 1 aromatic rings. The Labute approximate surface area is 109 Å². The zero-order valence-corrected chi connectivity index (χ0v) is 11.4. The van der Waals surface area contributed by atoms with Crippen LogP contribution in [0, 0.1) is 0 Å². The van der Waals surface area contributed by atoms with E-state index in [-0.39, 0.29) is 0 Å². The molecule has 100 valence electrons. The second-order valence-electron chi connectivity index (χ2n) is 5.00. The van der Waals surface area contributed by atoms with Gasteiger partial charge in [-0.2, -0.15) is 0 Å². The van der Waals surface area contributed by atoms with Crippen LogP contribution in [0.25, 0.3) is 0 Å². The molecule has 0 saturated carbocycles. The highest BCUT2D eigenvalue weighted by Gasteiger charge is 2.13. The van der Waals surface area contributed by atoms with Crippen LogP contribution in [0.1, 0.15) is 12.0 Å². The van der Waals surface area contributed by atoms with Crippen molar-refractivity contribution in [3.05, 3.63) is 23.8 Å². The van der Waals surface area contributed by atoms with Gasteiger partial charge in [0.15, 0.2) is 0 Å². The first-order valence-electron chi connectivity index (χ1n) is 6.52. The van der Waals surface area contributed by atoms with Crippen molar-refractivity contribution < 1.29 is 4.74 Å². The molecule has 1 saturated heterocycles. The van der Waals surface area contributed by atoms with Gasteiger partial charge in [-0.1, -0.05) is 6.07 Å². The van der Waals surface area contributed by atoms with Crippen LogP contribution in [0.4, 0.5) is 5.69 Å². The number of ether oxygens (including phenoxy) is 1. The molecule has 0 aliphatic carbocycles. The molecule has 1 aliphatic rings. The number of hydrogen-bond donors (Lipinski definition) is 1. The number of methoxy groups -OCH3 is 1. The standard InChI is InChI=1S/C14H23N3O/c1-16-6-3-7-17(9-8-16)11-12-4-5-13(18-2)10-14(12)15/h4-5,10H,3,6-9,11,15H2,1-2H3. The molecule has 1 fully saturated rings. The summed E-state index contributed by atoms with van der Waals surface area (Å²) >= 11 is 0. The number of benzene rings is 1. The van der Waals surface area contributed by atoms with E-state index in [1.807, 2.05) is 12.1 Å². The average molecular weight is 249 g/mol. The van der Waals surface area contributed by atoms with E-state index in [4.69, 9.17) is 10.5 Å². The number of nitrogen functional groups attached to an aromatic ring is 1. The van der Waals surface area contributed by atoms with Crippen molar-refractivity contribution in [2.45, 2.75) is 13.0 Å². The first-order valence-corrected chi connectivity index (χ1v) is 6.52. The lowest BCUT2D eigenvalue weighted by Crippen LogP contribution is -2.28.